The Morgan fingerprint density at radius 3 is 0.800 bits per heavy atom. The van der Waals surface area contributed by atoms with E-state index in [2.05, 4.69) is 53.9 Å². The normalized spacial score (nSPS) is 12.3. The first-order valence-electron chi connectivity index (χ1n) is 30.0. The van der Waals surface area contributed by atoms with Gasteiger partial charge in [-0.25, -0.2) is 15.0 Å². The van der Waals surface area contributed by atoms with E-state index < -0.39 is 0 Å². The van der Waals surface area contributed by atoms with Crippen molar-refractivity contribution in [2.45, 2.75) is 59.3 Å². The minimum atomic E-state index is 0.0711. The summed E-state index contributed by atoms with van der Waals surface area (Å²) < 4.78 is 37.6. The molecule has 21 aliphatic rings. The van der Waals surface area contributed by atoms with E-state index in [1.54, 1.807) is 0 Å². The van der Waals surface area contributed by atoms with E-state index in [1.807, 2.05) is 181 Å². The summed E-state index contributed by atoms with van der Waals surface area (Å²) in [6.07, 6.45) is 5.26. The SMILES string of the molecule is CCCCOc1nc2nc(n1)N(C)c1ccc(cc1)-c1nc3nc(n1)-c1ccc(cc1)N(C)c1nc(OCCCC)nc(n1)Oc1ccc(cc1)-c1cc(cc(c1)-c1ccc(cc1)Oc1nc(OCCCC)nc(n1)N(C)c1ccc-3cc1)-c1ccc(cc1)O2. The number of nitrogens with zero attached hydrogens (tertiary/aromatic N) is 15. The molecule has 4 aromatic heterocycles. The third kappa shape index (κ3) is 13.1. The fourth-order valence-electron chi connectivity index (χ4n) is 9.89. The second kappa shape index (κ2) is 26.0. The van der Waals surface area contributed by atoms with Crippen LogP contribution in [0, 0.1) is 0 Å². The molecule has 0 N–H and O–H groups in total. The lowest BCUT2D eigenvalue weighted by molar-refractivity contribution is 0.278. The summed E-state index contributed by atoms with van der Waals surface area (Å²) in [5, 5.41) is 0. The zero-order valence-corrected chi connectivity index (χ0v) is 50.6. The smallest absolute Gasteiger partial charge is 0.330 e. The molecular weight excluding hydrogens is 1130 g/mol. The van der Waals surface area contributed by atoms with Crippen LogP contribution in [0.15, 0.2) is 164 Å². The number of ether oxygens (including phenoxy) is 6. The lowest BCUT2D eigenvalue weighted by atomic mass is 9.93. The Morgan fingerprint density at radius 2 is 0.544 bits per heavy atom. The molecule has 0 saturated carbocycles. The quantitative estimate of drug-likeness (QED) is 0.104. The summed E-state index contributed by atoms with van der Waals surface area (Å²) >= 11 is 0. The average molecular weight is 1200 g/mol. The molecular formula is C69H63N15O6. The topological polar surface area (TPSA) is 220 Å². The van der Waals surface area contributed by atoms with Crippen LogP contribution < -0.4 is 43.1 Å². The number of hydrogen-bond donors (Lipinski definition) is 0. The average Bonchev–Trinajstić information content (AvgIpc) is 1.32. The van der Waals surface area contributed by atoms with Crippen molar-refractivity contribution in [3.63, 3.8) is 0 Å². The number of unbranched alkanes of at least 4 members (excludes halogenated alkanes) is 3. The van der Waals surface area contributed by atoms with Gasteiger partial charge in [-0.3, -0.25) is 0 Å². The van der Waals surface area contributed by atoms with E-state index in [0.717, 1.165) is 106 Å². The molecule has 0 fully saturated rings. The van der Waals surface area contributed by atoms with Crippen molar-refractivity contribution in [1.82, 2.24) is 59.8 Å². The number of benzene rings is 7. The maximum absolute atomic E-state index is 6.44. The first kappa shape index (κ1) is 57.8. The predicted molar refractivity (Wildman–Crippen MR) is 344 cm³/mol. The molecule has 0 unspecified atom stereocenters. The van der Waals surface area contributed by atoms with E-state index in [4.69, 9.17) is 73.3 Å². The highest BCUT2D eigenvalue weighted by atomic mass is 16.5. The van der Waals surface area contributed by atoms with Gasteiger partial charge in [0.05, 0.1) is 19.8 Å². The minimum absolute atomic E-state index is 0.0711. The van der Waals surface area contributed by atoms with Crippen LogP contribution in [0.1, 0.15) is 59.3 Å². The molecule has 21 heteroatoms. The van der Waals surface area contributed by atoms with Crippen molar-refractivity contribution in [3.8, 4) is 121 Å². The number of aromatic nitrogens is 12. The second-order valence-corrected chi connectivity index (χ2v) is 21.5. The molecule has 21 aliphatic heterocycles. The van der Waals surface area contributed by atoms with Gasteiger partial charge in [0.25, 0.3) is 0 Å². The lowest BCUT2D eigenvalue weighted by Crippen LogP contribution is -2.15. The highest BCUT2D eigenvalue weighted by Gasteiger charge is 2.22. The molecule has 25 heterocycles. The number of hydrogen-bond acceptors (Lipinski definition) is 21. The molecule has 0 radical (unpaired) electrons. The summed E-state index contributed by atoms with van der Waals surface area (Å²) in [5.41, 5.74) is 10.2. The Kier molecular flexibility index (Phi) is 16.7. The van der Waals surface area contributed by atoms with Crippen LogP contribution >= 0.6 is 0 Å². The van der Waals surface area contributed by atoms with Crippen molar-refractivity contribution in [1.29, 1.82) is 0 Å². The van der Waals surface area contributed by atoms with Crippen molar-refractivity contribution in [3.05, 3.63) is 164 Å². The number of rotatable bonds is 12. The molecule has 0 atom stereocenters. The molecule has 450 valence electrons. The van der Waals surface area contributed by atoms with Crippen LogP contribution in [0.5, 0.6) is 53.3 Å². The molecule has 0 aliphatic carbocycles. The molecule has 24 bridgehead atoms. The highest BCUT2D eigenvalue weighted by molar-refractivity contribution is 5.82. The summed E-state index contributed by atoms with van der Waals surface area (Å²) in [6.45, 7) is 7.57. The van der Waals surface area contributed by atoms with E-state index in [1.165, 1.54) is 0 Å². The van der Waals surface area contributed by atoms with Crippen molar-refractivity contribution in [2.24, 2.45) is 0 Å². The van der Waals surface area contributed by atoms with Gasteiger partial charge < -0.3 is 43.1 Å². The van der Waals surface area contributed by atoms with Crippen LogP contribution in [-0.2, 0) is 0 Å². The molecule has 11 aromatic rings. The molecule has 90 heavy (non-hydrogen) atoms. The van der Waals surface area contributed by atoms with E-state index in [-0.39, 0.29) is 36.1 Å². The Bertz CT molecular complexity index is 3850. The van der Waals surface area contributed by atoms with Gasteiger partial charge in [0.15, 0.2) is 17.5 Å². The largest absolute Gasteiger partial charge is 0.463 e. The van der Waals surface area contributed by atoms with Crippen LogP contribution in [-0.4, -0.2) is 101 Å². The Morgan fingerprint density at radius 1 is 0.289 bits per heavy atom. The van der Waals surface area contributed by atoms with Gasteiger partial charge in [-0.2, -0.15) is 29.9 Å². The van der Waals surface area contributed by atoms with Gasteiger partial charge in [-0.05, 0) is 180 Å². The molecule has 0 spiro atoms. The first-order chi connectivity index (χ1) is 44.1. The summed E-state index contributed by atoms with van der Waals surface area (Å²) in [6, 6.07) is 54.0. The van der Waals surface area contributed by atoms with Crippen LogP contribution in [0.2, 0.25) is 0 Å². The highest BCUT2D eigenvalue weighted by Crippen LogP contribution is 2.38. The van der Waals surface area contributed by atoms with E-state index >= 15 is 0 Å². The first-order valence-corrected chi connectivity index (χ1v) is 30.0. The minimum Gasteiger partial charge on any atom is -0.463 e. The van der Waals surface area contributed by atoms with Gasteiger partial charge in [0.1, 0.15) is 17.2 Å². The zero-order valence-electron chi connectivity index (χ0n) is 50.6. The van der Waals surface area contributed by atoms with Crippen LogP contribution in [0.3, 0.4) is 0 Å². The standard InChI is InChI=1S/C69H63N15O6/c1-7-10-37-85-64-73-61-76-67(79-64)88-55-31-19-43(20-32-55)49-40-50-42-51(41-49)45-23-35-57(36-24-45)90-69-78-63(75-66(81-69)87-39-12-9-3)84(6)54-29-17-48(18-30-54)60-71-58(46-13-25-52(26-14-46)82(61)4)70-59(72-60)47-15-27-53(28-16-47)83(5)62-74-65(86-38-11-8-2)80-68(77-62)89-56-33-21-44(50)22-34-56/h13-36,40-42H,7-12,37-39H2,1-6H3. The van der Waals surface area contributed by atoms with Gasteiger partial charge in [0, 0.05) is 54.9 Å². The summed E-state index contributed by atoms with van der Waals surface area (Å²) in [5.74, 6) is 3.81. The monoisotopic (exact) mass is 1200 g/mol. The molecule has 32 rings (SSSR count). The van der Waals surface area contributed by atoms with E-state index in [0.29, 0.717) is 72.4 Å². The Balaban J connectivity index is 0.996. The van der Waals surface area contributed by atoms with Crippen molar-refractivity contribution in [2.75, 3.05) is 55.7 Å². The second-order valence-electron chi connectivity index (χ2n) is 21.5. The summed E-state index contributed by atoms with van der Waals surface area (Å²) in [7, 11) is 5.64. The molecule has 0 amide bonds. The lowest BCUT2D eigenvalue weighted by Gasteiger charge is -2.19. The van der Waals surface area contributed by atoms with Crippen molar-refractivity contribution >= 4 is 34.9 Å². The fraction of sp³-hybridized carbons (Fsp3) is 0.217. The molecule has 0 saturated heterocycles. The zero-order chi connectivity index (χ0) is 61.5. The van der Waals surface area contributed by atoms with Gasteiger partial charge >= 0.3 is 36.1 Å². The fourth-order valence-corrected chi connectivity index (χ4v) is 9.89. The third-order valence-electron chi connectivity index (χ3n) is 15.1. The Labute approximate surface area is 520 Å². The molecule has 21 nitrogen and oxygen atoms in total. The maximum Gasteiger partial charge on any atom is 0.330 e. The van der Waals surface area contributed by atoms with Gasteiger partial charge in [0.2, 0.25) is 17.8 Å². The third-order valence-corrected chi connectivity index (χ3v) is 15.1. The summed E-state index contributed by atoms with van der Waals surface area (Å²) in [4.78, 5) is 63.4. The van der Waals surface area contributed by atoms with E-state index in [9.17, 15) is 0 Å². The van der Waals surface area contributed by atoms with Gasteiger partial charge in [-0.1, -0.05) is 76.4 Å². The van der Waals surface area contributed by atoms with Crippen molar-refractivity contribution < 1.29 is 28.4 Å². The van der Waals surface area contributed by atoms with Crippen LogP contribution in [0.4, 0.5) is 34.9 Å². The van der Waals surface area contributed by atoms with Gasteiger partial charge in [-0.15, -0.1) is 15.0 Å². The maximum atomic E-state index is 6.44. The Hall–Kier alpha value is -11.2. The number of anilines is 6. The predicted octanol–water partition coefficient (Wildman–Crippen LogP) is 15.3. The molecule has 7 aromatic carbocycles. The van der Waals surface area contributed by atoms with Crippen LogP contribution in [0.25, 0.3) is 67.5 Å².